The van der Waals surface area contributed by atoms with Crippen LogP contribution < -0.4 is 4.90 Å². The third kappa shape index (κ3) is 2.42. The predicted molar refractivity (Wildman–Crippen MR) is 65.0 cm³/mol. The van der Waals surface area contributed by atoms with Gasteiger partial charge in [0, 0.05) is 12.1 Å². The molecule has 4 nitrogen and oxygen atoms in total. The number of furan rings is 1. The van der Waals surface area contributed by atoms with Crippen molar-refractivity contribution in [3.63, 3.8) is 0 Å². The van der Waals surface area contributed by atoms with Crippen molar-refractivity contribution in [1.82, 2.24) is 9.97 Å². The summed E-state index contributed by atoms with van der Waals surface area (Å²) >= 11 is 5.89. The standard InChI is InChI=1S/C12H12ClN3O/c13-11-6-12(15-8-14-11)16(9-3-4-9)7-10-2-1-5-17-10/h1-2,5-6,8-9H,3-4,7H2. The Morgan fingerprint density at radius 2 is 2.29 bits per heavy atom. The second kappa shape index (κ2) is 4.37. The molecule has 0 spiro atoms. The van der Waals surface area contributed by atoms with Crippen LogP contribution in [0.5, 0.6) is 0 Å². The van der Waals surface area contributed by atoms with E-state index in [2.05, 4.69) is 14.9 Å². The van der Waals surface area contributed by atoms with Gasteiger partial charge in [-0.3, -0.25) is 0 Å². The first-order valence-electron chi connectivity index (χ1n) is 5.59. The second-order valence-corrected chi connectivity index (χ2v) is 4.52. The van der Waals surface area contributed by atoms with E-state index in [1.165, 1.54) is 19.2 Å². The van der Waals surface area contributed by atoms with Crippen LogP contribution in [0.25, 0.3) is 0 Å². The molecule has 0 atom stereocenters. The molecule has 88 valence electrons. The van der Waals surface area contributed by atoms with Crippen LogP contribution in [0.4, 0.5) is 5.82 Å². The smallest absolute Gasteiger partial charge is 0.134 e. The first kappa shape index (κ1) is 10.6. The monoisotopic (exact) mass is 249 g/mol. The van der Waals surface area contributed by atoms with Gasteiger partial charge in [-0.25, -0.2) is 9.97 Å². The number of hydrogen-bond donors (Lipinski definition) is 0. The van der Waals surface area contributed by atoms with Gasteiger partial charge in [0.1, 0.15) is 23.1 Å². The molecule has 0 radical (unpaired) electrons. The molecule has 17 heavy (non-hydrogen) atoms. The zero-order valence-corrected chi connectivity index (χ0v) is 9.97. The Bertz CT molecular complexity index is 496. The summed E-state index contributed by atoms with van der Waals surface area (Å²) in [4.78, 5) is 10.4. The average Bonchev–Trinajstić information content (AvgIpc) is 3.03. The third-order valence-corrected chi connectivity index (χ3v) is 3.01. The Balaban J connectivity index is 1.85. The number of hydrogen-bond acceptors (Lipinski definition) is 4. The van der Waals surface area contributed by atoms with Crippen molar-refractivity contribution in [1.29, 1.82) is 0 Å². The van der Waals surface area contributed by atoms with Gasteiger partial charge in [-0.1, -0.05) is 11.6 Å². The lowest BCUT2D eigenvalue weighted by molar-refractivity contribution is 0.500. The fraction of sp³-hybridized carbons (Fsp3) is 0.333. The fourth-order valence-corrected chi connectivity index (χ4v) is 1.98. The van der Waals surface area contributed by atoms with Gasteiger partial charge in [0.2, 0.25) is 0 Å². The molecular weight excluding hydrogens is 238 g/mol. The molecule has 0 unspecified atom stereocenters. The molecule has 2 aromatic rings. The maximum Gasteiger partial charge on any atom is 0.134 e. The number of rotatable bonds is 4. The number of aromatic nitrogens is 2. The van der Waals surface area contributed by atoms with Gasteiger partial charge < -0.3 is 9.32 Å². The molecule has 5 heteroatoms. The number of nitrogens with zero attached hydrogens (tertiary/aromatic N) is 3. The van der Waals surface area contributed by atoms with E-state index in [1.54, 1.807) is 12.3 Å². The molecule has 0 saturated heterocycles. The van der Waals surface area contributed by atoms with Crippen LogP contribution in [0.15, 0.2) is 35.2 Å². The Kier molecular flexibility index (Phi) is 2.73. The van der Waals surface area contributed by atoms with Crippen molar-refractivity contribution in [3.05, 3.63) is 41.7 Å². The lowest BCUT2D eigenvalue weighted by Crippen LogP contribution is -2.25. The van der Waals surface area contributed by atoms with Crippen LogP contribution in [0, 0.1) is 0 Å². The van der Waals surface area contributed by atoms with Crippen molar-refractivity contribution in [3.8, 4) is 0 Å². The van der Waals surface area contributed by atoms with E-state index < -0.39 is 0 Å². The minimum absolute atomic E-state index is 0.472. The maximum absolute atomic E-state index is 5.89. The molecule has 0 aliphatic heterocycles. The van der Waals surface area contributed by atoms with E-state index in [0.29, 0.717) is 11.2 Å². The molecular formula is C12H12ClN3O. The van der Waals surface area contributed by atoms with Gasteiger partial charge in [0.05, 0.1) is 12.8 Å². The summed E-state index contributed by atoms with van der Waals surface area (Å²) in [5.41, 5.74) is 0. The Morgan fingerprint density at radius 3 is 2.94 bits per heavy atom. The minimum Gasteiger partial charge on any atom is -0.467 e. The average molecular weight is 250 g/mol. The van der Waals surface area contributed by atoms with E-state index in [1.807, 2.05) is 12.1 Å². The lowest BCUT2D eigenvalue weighted by Gasteiger charge is -2.22. The summed E-state index contributed by atoms with van der Waals surface area (Å²) in [6, 6.07) is 6.21. The molecule has 0 amide bonds. The van der Waals surface area contributed by atoms with Crippen molar-refractivity contribution < 1.29 is 4.42 Å². The van der Waals surface area contributed by atoms with Crippen LogP contribution in [0.1, 0.15) is 18.6 Å². The number of anilines is 1. The van der Waals surface area contributed by atoms with Crippen LogP contribution in [-0.4, -0.2) is 16.0 Å². The Labute approximate surface area is 104 Å². The summed E-state index contributed by atoms with van der Waals surface area (Å²) < 4.78 is 5.38. The summed E-state index contributed by atoms with van der Waals surface area (Å²) in [6.45, 7) is 0.727. The van der Waals surface area contributed by atoms with Gasteiger partial charge in [-0.05, 0) is 25.0 Å². The van der Waals surface area contributed by atoms with E-state index in [-0.39, 0.29) is 0 Å². The summed E-state index contributed by atoms with van der Waals surface area (Å²) in [5.74, 6) is 1.80. The Hall–Kier alpha value is -1.55. The quantitative estimate of drug-likeness (QED) is 0.782. The molecule has 3 rings (SSSR count). The number of halogens is 1. The topological polar surface area (TPSA) is 42.2 Å². The molecule has 1 saturated carbocycles. The molecule has 1 aliphatic rings. The molecule has 1 fully saturated rings. The van der Waals surface area contributed by atoms with E-state index in [4.69, 9.17) is 16.0 Å². The van der Waals surface area contributed by atoms with Gasteiger partial charge >= 0.3 is 0 Å². The molecule has 0 N–H and O–H groups in total. The molecule has 1 aliphatic carbocycles. The zero-order chi connectivity index (χ0) is 11.7. The predicted octanol–water partition coefficient (Wildman–Crippen LogP) is 2.89. The van der Waals surface area contributed by atoms with Gasteiger partial charge in [-0.15, -0.1) is 0 Å². The van der Waals surface area contributed by atoms with Crippen molar-refractivity contribution in [2.45, 2.75) is 25.4 Å². The molecule has 2 aromatic heterocycles. The SMILES string of the molecule is Clc1cc(N(Cc2ccco2)C2CC2)ncn1. The zero-order valence-electron chi connectivity index (χ0n) is 9.21. The maximum atomic E-state index is 5.89. The van der Waals surface area contributed by atoms with E-state index in [9.17, 15) is 0 Å². The summed E-state index contributed by atoms with van der Waals surface area (Å²) in [7, 11) is 0. The summed E-state index contributed by atoms with van der Waals surface area (Å²) in [5, 5.41) is 0.472. The molecule has 0 bridgehead atoms. The van der Waals surface area contributed by atoms with Gasteiger partial charge in [0.25, 0.3) is 0 Å². The van der Waals surface area contributed by atoms with Crippen molar-refractivity contribution in [2.24, 2.45) is 0 Å². The summed E-state index contributed by atoms with van der Waals surface area (Å²) in [6.07, 6.45) is 5.58. The van der Waals surface area contributed by atoms with Gasteiger partial charge in [-0.2, -0.15) is 0 Å². The largest absolute Gasteiger partial charge is 0.467 e. The highest BCUT2D eigenvalue weighted by atomic mass is 35.5. The molecule has 2 heterocycles. The highest BCUT2D eigenvalue weighted by Crippen LogP contribution is 2.32. The fourth-order valence-electron chi connectivity index (χ4n) is 1.84. The van der Waals surface area contributed by atoms with Crippen LogP contribution in [0.2, 0.25) is 5.15 Å². The first-order chi connectivity index (χ1) is 8.33. The highest BCUT2D eigenvalue weighted by Gasteiger charge is 2.30. The van der Waals surface area contributed by atoms with E-state index in [0.717, 1.165) is 18.1 Å². The van der Waals surface area contributed by atoms with Crippen molar-refractivity contribution >= 4 is 17.4 Å². The van der Waals surface area contributed by atoms with Crippen molar-refractivity contribution in [2.75, 3.05) is 4.90 Å². The van der Waals surface area contributed by atoms with Gasteiger partial charge in [0.15, 0.2) is 0 Å². The lowest BCUT2D eigenvalue weighted by atomic mass is 10.3. The van der Waals surface area contributed by atoms with Crippen LogP contribution in [-0.2, 0) is 6.54 Å². The minimum atomic E-state index is 0.472. The van der Waals surface area contributed by atoms with Crippen LogP contribution in [0.3, 0.4) is 0 Å². The van der Waals surface area contributed by atoms with E-state index >= 15 is 0 Å². The third-order valence-electron chi connectivity index (χ3n) is 2.81. The second-order valence-electron chi connectivity index (χ2n) is 4.14. The Morgan fingerprint density at radius 1 is 1.41 bits per heavy atom. The highest BCUT2D eigenvalue weighted by molar-refractivity contribution is 6.29. The van der Waals surface area contributed by atoms with Crippen LogP contribution >= 0.6 is 11.6 Å². The normalized spacial score (nSPS) is 14.9. The first-order valence-corrected chi connectivity index (χ1v) is 5.97. The molecule has 0 aromatic carbocycles.